The molecule has 0 unspecified atom stereocenters. The van der Waals surface area contributed by atoms with Crippen molar-refractivity contribution < 1.29 is 9.53 Å². The average molecular weight is 388 g/mol. The number of aromatic nitrogens is 2. The lowest BCUT2D eigenvalue weighted by molar-refractivity contribution is -0.118. The molecule has 21 heavy (non-hydrogen) atoms. The fourth-order valence-corrected chi connectivity index (χ4v) is 3.74. The van der Waals surface area contributed by atoms with Crippen molar-refractivity contribution in [2.75, 3.05) is 17.7 Å². The molecule has 0 aliphatic heterocycles. The maximum absolute atomic E-state index is 11.8. The number of thioether (sulfide) groups is 1. The van der Waals surface area contributed by atoms with Gasteiger partial charge in [0.1, 0.15) is 5.75 Å². The number of rotatable bonds is 6. The maximum Gasteiger partial charge on any atom is 0.264 e. The Balaban J connectivity index is 1.86. The van der Waals surface area contributed by atoms with Crippen LogP contribution in [-0.2, 0) is 4.79 Å². The minimum atomic E-state index is -0.258. The van der Waals surface area contributed by atoms with Gasteiger partial charge in [0.2, 0.25) is 5.13 Å². The maximum atomic E-state index is 11.8. The zero-order chi connectivity index (χ0) is 15.2. The first kappa shape index (κ1) is 16.3. The third-order valence-electron chi connectivity index (χ3n) is 2.37. The lowest BCUT2D eigenvalue weighted by Crippen LogP contribution is -2.20. The molecule has 0 saturated heterocycles. The van der Waals surface area contributed by atoms with Gasteiger partial charge in [-0.25, -0.2) is 0 Å². The summed E-state index contributed by atoms with van der Waals surface area (Å²) in [6, 6.07) is 5.69. The molecule has 1 heterocycles. The number of ether oxygens (including phenoxy) is 1. The number of nitrogens with one attached hydrogen (secondary N) is 1. The van der Waals surface area contributed by atoms with Gasteiger partial charge in [-0.2, -0.15) is 0 Å². The first-order valence-corrected chi connectivity index (χ1v) is 8.83. The Morgan fingerprint density at radius 3 is 3.00 bits per heavy atom. The molecule has 0 fully saturated rings. The third-order valence-corrected chi connectivity index (χ3v) is 4.84. The van der Waals surface area contributed by atoms with E-state index in [0.717, 1.165) is 20.1 Å². The number of hydrogen-bond donors (Lipinski definition) is 1. The second-order valence-corrected chi connectivity index (χ2v) is 7.42. The molecule has 0 bridgehead atoms. The Hall–Kier alpha value is -1.12. The molecule has 1 amide bonds. The highest BCUT2D eigenvalue weighted by molar-refractivity contribution is 9.10. The molecule has 2 rings (SSSR count). The fourth-order valence-electron chi connectivity index (χ4n) is 1.46. The van der Waals surface area contributed by atoms with Gasteiger partial charge in [-0.15, -0.1) is 10.2 Å². The van der Waals surface area contributed by atoms with Gasteiger partial charge in [-0.05, 0) is 46.3 Å². The average Bonchev–Trinajstić information content (AvgIpc) is 2.85. The van der Waals surface area contributed by atoms with E-state index in [1.807, 2.05) is 32.0 Å². The Labute approximate surface area is 139 Å². The zero-order valence-corrected chi connectivity index (χ0v) is 14.8. The molecule has 0 saturated carbocycles. The number of aryl methyl sites for hydroxylation is 1. The number of nitrogens with zero attached hydrogens (tertiary/aromatic N) is 2. The van der Waals surface area contributed by atoms with Gasteiger partial charge in [0.25, 0.3) is 5.91 Å². The molecule has 0 aliphatic rings. The fraction of sp³-hybridized carbons (Fsp3) is 0.308. The lowest BCUT2D eigenvalue weighted by Gasteiger charge is -2.08. The highest BCUT2D eigenvalue weighted by Crippen LogP contribution is 2.26. The highest BCUT2D eigenvalue weighted by atomic mass is 79.9. The Bertz CT molecular complexity index is 634. The molecule has 1 aromatic carbocycles. The summed E-state index contributed by atoms with van der Waals surface area (Å²) in [5, 5.41) is 11.0. The SMILES string of the molecule is CCSc1nnc(NC(=O)COc2ccc(C)cc2Br)s1. The Morgan fingerprint density at radius 2 is 2.29 bits per heavy atom. The van der Waals surface area contributed by atoms with Crippen molar-refractivity contribution in [3.63, 3.8) is 0 Å². The summed E-state index contributed by atoms with van der Waals surface area (Å²) >= 11 is 6.35. The molecule has 0 atom stereocenters. The lowest BCUT2D eigenvalue weighted by atomic mass is 10.2. The van der Waals surface area contributed by atoms with E-state index < -0.39 is 0 Å². The van der Waals surface area contributed by atoms with Crippen molar-refractivity contribution in [1.82, 2.24) is 10.2 Å². The van der Waals surface area contributed by atoms with Crippen molar-refractivity contribution in [2.24, 2.45) is 0 Å². The Morgan fingerprint density at radius 1 is 1.48 bits per heavy atom. The second-order valence-electron chi connectivity index (χ2n) is 4.08. The van der Waals surface area contributed by atoms with Crippen LogP contribution in [-0.4, -0.2) is 28.5 Å². The van der Waals surface area contributed by atoms with Crippen LogP contribution < -0.4 is 10.1 Å². The number of hydrogen-bond acceptors (Lipinski definition) is 6. The quantitative estimate of drug-likeness (QED) is 0.603. The van der Waals surface area contributed by atoms with Crippen LogP contribution in [0.25, 0.3) is 0 Å². The van der Waals surface area contributed by atoms with Crippen LogP contribution in [0.2, 0.25) is 0 Å². The molecule has 1 aromatic heterocycles. The van der Waals surface area contributed by atoms with E-state index in [1.165, 1.54) is 11.3 Å². The van der Waals surface area contributed by atoms with Gasteiger partial charge >= 0.3 is 0 Å². The van der Waals surface area contributed by atoms with E-state index in [1.54, 1.807) is 11.8 Å². The van der Waals surface area contributed by atoms with Crippen LogP contribution in [0.1, 0.15) is 12.5 Å². The normalized spacial score (nSPS) is 10.4. The van der Waals surface area contributed by atoms with Crippen molar-refractivity contribution in [1.29, 1.82) is 0 Å². The summed E-state index contributed by atoms with van der Waals surface area (Å²) < 4.78 is 7.14. The predicted molar refractivity (Wildman–Crippen MR) is 89.3 cm³/mol. The zero-order valence-electron chi connectivity index (χ0n) is 11.6. The second kappa shape index (κ2) is 7.77. The van der Waals surface area contributed by atoms with Crippen LogP contribution in [0.4, 0.5) is 5.13 Å². The topological polar surface area (TPSA) is 64.1 Å². The largest absolute Gasteiger partial charge is 0.483 e. The molecule has 0 spiro atoms. The summed E-state index contributed by atoms with van der Waals surface area (Å²) in [4.78, 5) is 11.8. The monoisotopic (exact) mass is 387 g/mol. The van der Waals surface area contributed by atoms with Crippen LogP contribution in [0.5, 0.6) is 5.75 Å². The smallest absolute Gasteiger partial charge is 0.264 e. The highest BCUT2D eigenvalue weighted by Gasteiger charge is 2.10. The van der Waals surface area contributed by atoms with Crippen molar-refractivity contribution in [3.8, 4) is 5.75 Å². The van der Waals surface area contributed by atoms with Gasteiger partial charge in [-0.1, -0.05) is 36.1 Å². The molecular formula is C13H14BrN3O2S2. The van der Waals surface area contributed by atoms with Crippen molar-refractivity contribution in [3.05, 3.63) is 28.2 Å². The molecule has 0 aliphatic carbocycles. The number of carbonyl (C=O) groups is 1. The van der Waals surface area contributed by atoms with E-state index in [0.29, 0.717) is 10.9 Å². The third kappa shape index (κ3) is 4.98. The predicted octanol–water partition coefficient (Wildman–Crippen LogP) is 3.74. The molecule has 2 aromatic rings. The molecule has 1 N–H and O–H groups in total. The molecule has 5 nitrogen and oxygen atoms in total. The van der Waals surface area contributed by atoms with Crippen LogP contribution in [0.15, 0.2) is 27.0 Å². The van der Waals surface area contributed by atoms with E-state index in [4.69, 9.17) is 4.74 Å². The summed E-state index contributed by atoms with van der Waals surface area (Å²) in [6.45, 7) is 3.96. The molecular weight excluding hydrogens is 374 g/mol. The Kier molecular flexibility index (Phi) is 6.01. The first-order valence-electron chi connectivity index (χ1n) is 6.23. The summed E-state index contributed by atoms with van der Waals surface area (Å²) in [6.07, 6.45) is 0. The van der Waals surface area contributed by atoms with E-state index in [9.17, 15) is 4.79 Å². The van der Waals surface area contributed by atoms with Gasteiger partial charge in [0.15, 0.2) is 10.9 Å². The summed E-state index contributed by atoms with van der Waals surface area (Å²) in [5.41, 5.74) is 1.12. The van der Waals surface area contributed by atoms with Crippen molar-refractivity contribution >= 4 is 50.1 Å². The van der Waals surface area contributed by atoms with Gasteiger partial charge in [0, 0.05) is 0 Å². The number of benzene rings is 1. The first-order chi connectivity index (χ1) is 10.1. The molecule has 8 heteroatoms. The standard InChI is InChI=1S/C13H14BrN3O2S2/c1-3-20-13-17-16-12(21-13)15-11(18)7-19-10-5-4-8(2)6-9(10)14/h4-6H,3,7H2,1-2H3,(H,15,16,18). The van der Waals surface area contributed by atoms with Crippen LogP contribution in [0, 0.1) is 6.92 Å². The summed E-state index contributed by atoms with van der Waals surface area (Å²) in [7, 11) is 0. The van der Waals surface area contributed by atoms with Crippen molar-refractivity contribution in [2.45, 2.75) is 18.2 Å². The number of halogens is 1. The van der Waals surface area contributed by atoms with Gasteiger partial charge in [0.05, 0.1) is 4.47 Å². The van der Waals surface area contributed by atoms with Crippen LogP contribution >= 0.6 is 39.0 Å². The number of carbonyl (C=O) groups excluding carboxylic acids is 1. The van der Waals surface area contributed by atoms with Gasteiger partial charge in [-0.3, -0.25) is 10.1 Å². The summed E-state index contributed by atoms with van der Waals surface area (Å²) in [5.74, 6) is 1.30. The van der Waals surface area contributed by atoms with Crippen LogP contribution in [0.3, 0.4) is 0 Å². The number of amides is 1. The van der Waals surface area contributed by atoms with E-state index in [2.05, 4.69) is 31.4 Å². The number of anilines is 1. The van der Waals surface area contributed by atoms with E-state index in [-0.39, 0.29) is 12.5 Å². The van der Waals surface area contributed by atoms with E-state index >= 15 is 0 Å². The molecule has 0 radical (unpaired) electrons. The van der Waals surface area contributed by atoms with Gasteiger partial charge < -0.3 is 4.74 Å². The minimum Gasteiger partial charge on any atom is -0.483 e. The minimum absolute atomic E-state index is 0.0719. The molecule has 112 valence electrons.